The maximum Gasteiger partial charge on any atom is 0.234 e. The number of amides is 1. The fourth-order valence-corrected chi connectivity index (χ4v) is 4.33. The molecule has 1 aliphatic rings. The zero-order valence-corrected chi connectivity index (χ0v) is 15.0. The van der Waals surface area contributed by atoms with Crippen molar-refractivity contribution >= 4 is 28.8 Å². The van der Waals surface area contributed by atoms with Crippen LogP contribution in [0.3, 0.4) is 0 Å². The Bertz CT molecular complexity index is 676. The van der Waals surface area contributed by atoms with Crippen LogP contribution < -0.4 is 11.1 Å². The van der Waals surface area contributed by atoms with Crippen molar-refractivity contribution in [1.29, 1.82) is 0 Å². The van der Waals surface area contributed by atoms with E-state index in [9.17, 15) is 4.79 Å². The largest absolute Gasteiger partial charge is 0.350 e. The first-order valence-corrected chi connectivity index (χ1v) is 9.33. The lowest BCUT2D eigenvalue weighted by Crippen LogP contribution is -2.36. The molecular weight excluding hydrogens is 342 g/mol. The average Bonchev–Trinajstić information content (AvgIpc) is 3.19. The second-order valence-electron chi connectivity index (χ2n) is 6.19. The minimum atomic E-state index is 0.0454. The second-order valence-corrected chi connectivity index (χ2v) is 7.99. The molecule has 1 aliphatic heterocycles. The van der Waals surface area contributed by atoms with Gasteiger partial charge in [-0.25, -0.2) is 0 Å². The van der Waals surface area contributed by atoms with Gasteiger partial charge in [0.1, 0.15) is 0 Å². The van der Waals surface area contributed by atoms with Crippen molar-refractivity contribution in [2.24, 2.45) is 11.7 Å². The van der Waals surface area contributed by atoms with E-state index >= 15 is 0 Å². The van der Waals surface area contributed by atoms with Crippen molar-refractivity contribution in [2.45, 2.75) is 12.5 Å². The number of hydrogen-bond acceptors (Lipinski definition) is 4. The maximum atomic E-state index is 12.2. The summed E-state index contributed by atoms with van der Waals surface area (Å²) in [6.07, 6.45) is 0. The summed E-state index contributed by atoms with van der Waals surface area (Å²) in [6, 6.07) is 14.2. The number of benzene rings is 1. The summed E-state index contributed by atoms with van der Waals surface area (Å²) >= 11 is 7.40. The molecule has 0 unspecified atom stereocenters. The molecule has 3 rings (SSSR count). The van der Waals surface area contributed by atoms with Gasteiger partial charge in [0.15, 0.2) is 0 Å². The molecule has 3 N–H and O–H groups in total. The molecule has 2 atom stereocenters. The molecular formula is C18H22ClN3OS. The molecule has 2 aromatic rings. The highest BCUT2D eigenvalue weighted by atomic mass is 35.5. The monoisotopic (exact) mass is 363 g/mol. The Morgan fingerprint density at radius 1 is 1.25 bits per heavy atom. The molecule has 1 aromatic heterocycles. The summed E-state index contributed by atoms with van der Waals surface area (Å²) in [5, 5.41) is 2.97. The van der Waals surface area contributed by atoms with Crippen LogP contribution >= 0.6 is 22.9 Å². The van der Waals surface area contributed by atoms with Crippen molar-refractivity contribution < 1.29 is 4.79 Å². The van der Waals surface area contributed by atoms with Crippen molar-refractivity contribution in [3.05, 3.63) is 57.2 Å². The van der Waals surface area contributed by atoms with Crippen LogP contribution in [0, 0.1) is 5.92 Å². The van der Waals surface area contributed by atoms with Gasteiger partial charge in [-0.1, -0.05) is 41.9 Å². The van der Waals surface area contributed by atoms with Crippen molar-refractivity contribution in [2.75, 3.05) is 26.2 Å². The second kappa shape index (κ2) is 8.12. The summed E-state index contributed by atoms with van der Waals surface area (Å²) in [6.45, 7) is 3.34. The zero-order valence-electron chi connectivity index (χ0n) is 13.5. The van der Waals surface area contributed by atoms with E-state index < -0.39 is 0 Å². The van der Waals surface area contributed by atoms with Crippen LogP contribution in [0.4, 0.5) is 0 Å². The summed E-state index contributed by atoms with van der Waals surface area (Å²) in [5.41, 5.74) is 7.26. The number of rotatable bonds is 6. The standard InChI is InChI=1S/C18H22ClN3OS/c19-17-7-6-15(24-17)9-21-18(23)12-22-10-14(8-20)16(11-22)13-4-2-1-3-5-13/h1-7,14,16H,8-12,20H2,(H,21,23)/t14-,16+/m1/s1. The zero-order chi connectivity index (χ0) is 16.9. The van der Waals surface area contributed by atoms with Crippen LogP contribution in [0.5, 0.6) is 0 Å². The number of nitrogens with zero attached hydrogens (tertiary/aromatic N) is 1. The predicted molar refractivity (Wildman–Crippen MR) is 99.3 cm³/mol. The first-order valence-electron chi connectivity index (χ1n) is 8.14. The molecule has 0 spiro atoms. The van der Waals surface area contributed by atoms with Crippen LogP contribution in [-0.4, -0.2) is 37.0 Å². The highest BCUT2D eigenvalue weighted by Gasteiger charge is 2.33. The number of nitrogens with one attached hydrogen (secondary N) is 1. The maximum absolute atomic E-state index is 12.2. The normalized spacial score (nSPS) is 21.1. The summed E-state index contributed by atoms with van der Waals surface area (Å²) in [7, 11) is 0. The van der Waals surface area contributed by atoms with Gasteiger partial charge in [-0.3, -0.25) is 9.69 Å². The van der Waals surface area contributed by atoms with Crippen LogP contribution in [-0.2, 0) is 11.3 Å². The molecule has 4 nitrogen and oxygen atoms in total. The molecule has 6 heteroatoms. The lowest BCUT2D eigenvalue weighted by Gasteiger charge is -2.16. The van der Waals surface area contributed by atoms with E-state index in [-0.39, 0.29) is 5.91 Å². The lowest BCUT2D eigenvalue weighted by molar-refractivity contribution is -0.122. The predicted octanol–water partition coefficient (Wildman–Crippen LogP) is 2.69. The highest BCUT2D eigenvalue weighted by molar-refractivity contribution is 7.16. The quantitative estimate of drug-likeness (QED) is 0.829. The van der Waals surface area contributed by atoms with Crippen molar-refractivity contribution in [1.82, 2.24) is 10.2 Å². The van der Waals surface area contributed by atoms with E-state index in [1.54, 1.807) is 0 Å². The van der Waals surface area contributed by atoms with Gasteiger partial charge in [-0.2, -0.15) is 0 Å². The Morgan fingerprint density at radius 2 is 2.04 bits per heavy atom. The topological polar surface area (TPSA) is 58.4 Å². The SMILES string of the molecule is NC[C@@H]1CN(CC(=O)NCc2ccc(Cl)s2)C[C@H]1c1ccccc1. The third-order valence-electron chi connectivity index (χ3n) is 4.50. The van der Waals surface area contributed by atoms with E-state index in [2.05, 4.69) is 34.5 Å². The molecule has 24 heavy (non-hydrogen) atoms. The van der Waals surface area contributed by atoms with Gasteiger partial charge in [-0.15, -0.1) is 11.3 Å². The Morgan fingerprint density at radius 3 is 2.71 bits per heavy atom. The number of likely N-dealkylation sites (tertiary alicyclic amines) is 1. The Hall–Kier alpha value is -1.40. The smallest absolute Gasteiger partial charge is 0.234 e. The van der Waals surface area contributed by atoms with Gasteiger partial charge in [0.05, 0.1) is 17.4 Å². The Kier molecular flexibility index (Phi) is 5.89. The van der Waals surface area contributed by atoms with Crippen LogP contribution in [0.15, 0.2) is 42.5 Å². The summed E-state index contributed by atoms with van der Waals surface area (Å²) in [4.78, 5) is 15.5. The fourth-order valence-electron chi connectivity index (χ4n) is 3.30. The molecule has 0 aliphatic carbocycles. The molecule has 1 amide bonds. The lowest BCUT2D eigenvalue weighted by atomic mass is 9.89. The van der Waals surface area contributed by atoms with Crippen molar-refractivity contribution in [3.63, 3.8) is 0 Å². The number of hydrogen-bond donors (Lipinski definition) is 2. The fraction of sp³-hybridized carbons (Fsp3) is 0.389. The minimum absolute atomic E-state index is 0.0454. The van der Waals surface area contributed by atoms with Gasteiger partial charge >= 0.3 is 0 Å². The van der Waals surface area contributed by atoms with Gasteiger partial charge in [0, 0.05) is 23.9 Å². The Labute approximate surface area is 151 Å². The van der Waals surface area contributed by atoms with E-state index in [4.69, 9.17) is 17.3 Å². The van der Waals surface area contributed by atoms with E-state index in [1.807, 2.05) is 18.2 Å². The highest BCUT2D eigenvalue weighted by Crippen LogP contribution is 2.31. The third-order valence-corrected chi connectivity index (χ3v) is 5.73. The molecule has 0 saturated carbocycles. The molecule has 128 valence electrons. The average molecular weight is 364 g/mol. The van der Waals surface area contributed by atoms with E-state index in [1.165, 1.54) is 16.9 Å². The van der Waals surface area contributed by atoms with E-state index in [0.29, 0.717) is 31.5 Å². The molecule has 0 bridgehead atoms. The van der Waals surface area contributed by atoms with Crippen LogP contribution in [0.25, 0.3) is 0 Å². The minimum Gasteiger partial charge on any atom is -0.350 e. The van der Waals surface area contributed by atoms with Crippen LogP contribution in [0.1, 0.15) is 16.4 Å². The number of thiophene rings is 1. The summed E-state index contributed by atoms with van der Waals surface area (Å²) < 4.78 is 0.746. The number of carbonyl (C=O) groups excluding carboxylic acids is 1. The summed E-state index contributed by atoms with van der Waals surface area (Å²) in [5.74, 6) is 0.848. The molecule has 0 radical (unpaired) electrons. The van der Waals surface area contributed by atoms with Gasteiger partial charge in [0.25, 0.3) is 0 Å². The first-order chi connectivity index (χ1) is 11.7. The van der Waals surface area contributed by atoms with Crippen LogP contribution in [0.2, 0.25) is 4.34 Å². The number of carbonyl (C=O) groups is 1. The number of halogens is 1. The molecule has 1 fully saturated rings. The number of nitrogens with two attached hydrogens (primary N) is 1. The third kappa shape index (κ3) is 4.36. The Balaban J connectivity index is 1.53. The van der Waals surface area contributed by atoms with E-state index in [0.717, 1.165) is 22.3 Å². The van der Waals surface area contributed by atoms with Gasteiger partial charge in [0.2, 0.25) is 5.91 Å². The van der Waals surface area contributed by atoms with Gasteiger partial charge in [-0.05, 0) is 30.2 Å². The van der Waals surface area contributed by atoms with Gasteiger partial charge < -0.3 is 11.1 Å². The molecule has 1 saturated heterocycles. The molecule has 2 heterocycles. The first kappa shape index (κ1) is 17.4. The molecule has 1 aromatic carbocycles. The van der Waals surface area contributed by atoms with Crippen molar-refractivity contribution in [3.8, 4) is 0 Å².